The van der Waals surface area contributed by atoms with Crippen LogP contribution in [0.1, 0.15) is 35.8 Å². The summed E-state index contributed by atoms with van der Waals surface area (Å²) in [6.07, 6.45) is 8.15. The molecule has 2 N–H and O–H groups in total. The first-order chi connectivity index (χ1) is 15.2. The first-order valence-electron chi connectivity index (χ1n) is 10.9. The van der Waals surface area contributed by atoms with Crippen LogP contribution < -0.4 is 10.6 Å². The normalized spacial score (nSPS) is 15.7. The lowest BCUT2D eigenvalue weighted by molar-refractivity contribution is 0.245. The van der Waals surface area contributed by atoms with E-state index in [0.717, 1.165) is 42.8 Å². The van der Waals surface area contributed by atoms with Crippen LogP contribution in [0.4, 0.5) is 0 Å². The van der Waals surface area contributed by atoms with E-state index in [2.05, 4.69) is 66.9 Å². The van der Waals surface area contributed by atoms with E-state index >= 15 is 0 Å². The SMILES string of the molecule is CN=C(NCc1ccc(-n2ccnc2C)nc1)NCC(c1ccccc1)N1CCCC1. The van der Waals surface area contributed by atoms with Crippen molar-refractivity contribution in [3.05, 3.63) is 78.0 Å². The molecule has 4 rings (SSSR count). The standard InChI is InChI=1S/C24H31N7/c1-19-26-12-15-31(19)23-11-10-20(16-27-23)17-28-24(25-2)29-18-22(30-13-6-7-14-30)21-8-4-3-5-9-21/h3-5,8-12,15-16,22H,6-7,13-14,17-18H2,1-2H3,(H2,25,28,29). The topological polar surface area (TPSA) is 70.4 Å². The highest BCUT2D eigenvalue weighted by atomic mass is 15.2. The minimum atomic E-state index is 0.349. The molecule has 3 heterocycles. The largest absolute Gasteiger partial charge is 0.354 e. The van der Waals surface area contributed by atoms with Crippen LogP contribution in [-0.4, -0.2) is 52.1 Å². The molecule has 0 radical (unpaired) electrons. The predicted octanol–water partition coefficient (Wildman–Crippen LogP) is 3.08. The molecule has 1 saturated heterocycles. The Balaban J connectivity index is 1.34. The van der Waals surface area contributed by atoms with Gasteiger partial charge in [0.15, 0.2) is 5.96 Å². The fraction of sp³-hybridized carbons (Fsp3) is 0.375. The number of hydrogen-bond acceptors (Lipinski definition) is 4. The van der Waals surface area contributed by atoms with Gasteiger partial charge in [-0.05, 0) is 50.0 Å². The number of guanidine groups is 1. The van der Waals surface area contributed by atoms with Crippen molar-refractivity contribution in [2.24, 2.45) is 4.99 Å². The average molecular weight is 418 g/mol. The Morgan fingerprint density at radius 2 is 1.87 bits per heavy atom. The van der Waals surface area contributed by atoms with Crippen molar-refractivity contribution >= 4 is 5.96 Å². The van der Waals surface area contributed by atoms with Crippen molar-refractivity contribution in [1.82, 2.24) is 30.1 Å². The van der Waals surface area contributed by atoms with E-state index in [1.165, 1.54) is 18.4 Å². The second-order valence-electron chi connectivity index (χ2n) is 7.85. The maximum Gasteiger partial charge on any atom is 0.191 e. The van der Waals surface area contributed by atoms with Crippen molar-refractivity contribution in [2.75, 3.05) is 26.7 Å². The Kier molecular flexibility index (Phi) is 6.94. The van der Waals surface area contributed by atoms with E-state index in [1.54, 1.807) is 6.20 Å². The second-order valence-corrected chi connectivity index (χ2v) is 7.85. The summed E-state index contributed by atoms with van der Waals surface area (Å²) in [7, 11) is 1.81. The van der Waals surface area contributed by atoms with Gasteiger partial charge in [0.25, 0.3) is 0 Å². The summed E-state index contributed by atoms with van der Waals surface area (Å²) in [5, 5.41) is 6.93. The van der Waals surface area contributed by atoms with Crippen LogP contribution in [0.15, 0.2) is 66.0 Å². The van der Waals surface area contributed by atoms with Gasteiger partial charge in [-0.15, -0.1) is 0 Å². The first kappa shape index (κ1) is 21.1. The second kappa shape index (κ2) is 10.2. The van der Waals surface area contributed by atoms with Gasteiger partial charge in [-0.3, -0.25) is 14.5 Å². The number of pyridine rings is 1. The highest BCUT2D eigenvalue weighted by Crippen LogP contribution is 2.24. The Hall–Kier alpha value is -3.19. The third-order valence-electron chi connectivity index (χ3n) is 5.79. The van der Waals surface area contributed by atoms with E-state index in [0.29, 0.717) is 12.6 Å². The molecule has 2 aromatic heterocycles. The number of aromatic nitrogens is 3. The fourth-order valence-electron chi connectivity index (χ4n) is 4.07. The summed E-state index contributed by atoms with van der Waals surface area (Å²) in [4.78, 5) is 15.8. The van der Waals surface area contributed by atoms with Crippen LogP contribution in [0.3, 0.4) is 0 Å². The summed E-state index contributed by atoms with van der Waals surface area (Å²) in [6.45, 7) is 5.76. The molecule has 0 spiro atoms. The van der Waals surface area contributed by atoms with Gasteiger partial charge in [0, 0.05) is 38.7 Å². The van der Waals surface area contributed by atoms with Gasteiger partial charge in [0.2, 0.25) is 0 Å². The average Bonchev–Trinajstić information content (AvgIpc) is 3.49. The van der Waals surface area contributed by atoms with Gasteiger partial charge in [-0.1, -0.05) is 36.4 Å². The molecule has 0 amide bonds. The van der Waals surface area contributed by atoms with Crippen LogP contribution >= 0.6 is 0 Å². The number of aliphatic imine (C=N–C) groups is 1. The fourth-order valence-corrected chi connectivity index (χ4v) is 4.07. The van der Waals surface area contributed by atoms with Gasteiger partial charge >= 0.3 is 0 Å². The maximum atomic E-state index is 4.57. The Morgan fingerprint density at radius 3 is 2.52 bits per heavy atom. The third kappa shape index (κ3) is 5.30. The van der Waals surface area contributed by atoms with Gasteiger partial charge in [-0.25, -0.2) is 9.97 Å². The van der Waals surface area contributed by atoms with Gasteiger partial charge < -0.3 is 10.6 Å². The predicted molar refractivity (Wildman–Crippen MR) is 124 cm³/mol. The van der Waals surface area contributed by atoms with Crippen LogP contribution in [-0.2, 0) is 6.54 Å². The molecule has 0 bridgehead atoms. The van der Waals surface area contributed by atoms with Crippen molar-refractivity contribution in [3.8, 4) is 5.82 Å². The zero-order valence-electron chi connectivity index (χ0n) is 18.3. The van der Waals surface area contributed by atoms with Crippen LogP contribution in [0.5, 0.6) is 0 Å². The lowest BCUT2D eigenvalue weighted by Gasteiger charge is -2.29. The Morgan fingerprint density at radius 1 is 1.06 bits per heavy atom. The van der Waals surface area contributed by atoms with E-state index < -0.39 is 0 Å². The molecule has 1 aliphatic rings. The van der Waals surface area contributed by atoms with E-state index in [9.17, 15) is 0 Å². The van der Waals surface area contributed by atoms with Crippen LogP contribution in [0, 0.1) is 6.92 Å². The maximum absolute atomic E-state index is 4.57. The zero-order valence-corrected chi connectivity index (χ0v) is 18.3. The Bertz CT molecular complexity index is 973. The van der Waals surface area contributed by atoms with Crippen LogP contribution in [0.25, 0.3) is 5.82 Å². The van der Waals surface area contributed by atoms with Crippen molar-refractivity contribution < 1.29 is 0 Å². The summed E-state index contributed by atoms with van der Waals surface area (Å²) < 4.78 is 1.97. The van der Waals surface area contributed by atoms with E-state index in [1.807, 2.05) is 37.0 Å². The molecule has 0 aliphatic carbocycles. The molecule has 1 aliphatic heterocycles. The van der Waals surface area contributed by atoms with Crippen molar-refractivity contribution in [2.45, 2.75) is 32.4 Å². The highest BCUT2D eigenvalue weighted by Gasteiger charge is 2.23. The highest BCUT2D eigenvalue weighted by molar-refractivity contribution is 5.79. The van der Waals surface area contributed by atoms with Crippen molar-refractivity contribution in [1.29, 1.82) is 0 Å². The quantitative estimate of drug-likeness (QED) is 0.457. The molecule has 7 nitrogen and oxygen atoms in total. The number of rotatable bonds is 7. The molecule has 3 aromatic rings. The molecule has 31 heavy (non-hydrogen) atoms. The molecule has 1 unspecified atom stereocenters. The molecule has 0 saturated carbocycles. The van der Waals surface area contributed by atoms with Gasteiger partial charge in [0.05, 0.1) is 6.04 Å². The number of aryl methyl sites for hydroxylation is 1. The summed E-state index contributed by atoms with van der Waals surface area (Å²) in [5.74, 6) is 2.60. The molecular formula is C24H31N7. The molecule has 162 valence electrons. The summed E-state index contributed by atoms with van der Waals surface area (Å²) in [5.41, 5.74) is 2.45. The number of hydrogen-bond donors (Lipinski definition) is 2. The van der Waals surface area contributed by atoms with E-state index in [-0.39, 0.29) is 0 Å². The molecule has 1 aromatic carbocycles. The van der Waals surface area contributed by atoms with Gasteiger partial charge in [0.1, 0.15) is 11.6 Å². The smallest absolute Gasteiger partial charge is 0.191 e. The number of nitrogens with zero attached hydrogens (tertiary/aromatic N) is 5. The summed E-state index contributed by atoms with van der Waals surface area (Å²) >= 11 is 0. The zero-order chi connectivity index (χ0) is 21.5. The number of benzene rings is 1. The number of imidazole rings is 1. The lowest BCUT2D eigenvalue weighted by Crippen LogP contribution is -2.42. The van der Waals surface area contributed by atoms with Crippen LogP contribution in [0.2, 0.25) is 0 Å². The summed E-state index contributed by atoms with van der Waals surface area (Å²) in [6, 6.07) is 15.2. The molecule has 1 atom stereocenters. The number of likely N-dealkylation sites (tertiary alicyclic amines) is 1. The minimum absolute atomic E-state index is 0.349. The lowest BCUT2D eigenvalue weighted by atomic mass is 10.1. The first-order valence-corrected chi connectivity index (χ1v) is 10.9. The van der Waals surface area contributed by atoms with Crippen molar-refractivity contribution in [3.63, 3.8) is 0 Å². The molecule has 7 heteroatoms. The molecule has 1 fully saturated rings. The van der Waals surface area contributed by atoms with E-state index in [4.69, 9.17) is 0 Å². The monoisotopic (exact) mass is 417 g/mol. The molecular weight excluding hydrogens is 386 g/mol. The third-order valence-corrected chi connectivity index (χ3v) is 5.79. The van der Waals surface area contributed by atoms with Gasteiger partial charge in [-0.2, -0.15) is 0 Å². The number of nitrogens with one attached hydrogen (secondary N) is 2. The minimum Gasteiger partial charge on any atom is -0.354 e. The Labute approximate surface area is 184 Å².